The lowest BCUT2D eigenvalue weighted by atomic mass is 10.00. The Labute approximate surface area is 118 Å². The predicted octanol–water partition coefficient (Wildman–Crippen LogP) is -0.544. The number of hydrogen-bond acceptors (Lipinski definition) is 8. The number of aliphatic hydroxyl groups is 3. The van der Waals surface area contributed by atoms with Crippen LogP contribution in [0, 0.1) is 0 Å². The van der Waals surface area contributed by atoms with Crippen LogP contribution in [0.4, 0.5) is 5.69 Å². The summed E-state index contributed by atoms with van der Waals surface area (Å²) in [5.74, 6) is 0. The zero-order valence-corrected chi connectivity index (χ0v) is 11.5. The average molecular weight is 297 g/mol. The van der Waals surface area contributed by atoms with Gasteiger partial charge in [-0.05, 0) is 12.3 Å². The molecule has 1 aromatic rings. The van der Waals surface area contributed by atoms with Crippen LogP contribution in [0.2, 0.25) is 0 Å². The van der Waals surface area contributed by atoms with E-state index in [1.165, 1.54) is 17.7 Å². The number of nitrogens with two attached hydrogens (primary N) is 1. The summed E-state index contributed by atoms with van der Waals surface area (Å²) in [5, 5.41) is 35.2. The summed E-state index contributed by atoms with van der Waals surface area (Å²) in [4.78, 5) is 4.91. The van der Waals surface area contributed by atoms with E-state index in [2.05, 4.69) is 10.3 Å². The van der Waals surface area contributed by atoms with Gasteiger partial charge in [0.25, 0.3) is 0 Å². The quantitative estimate of drug-likeness (QED) is 0.474. The molecule has 3 aliphatic rings. The van der Waals surface area contributed by atoms with Crippen molar-refractivity contribution >= 4 is 23.4 Å². The van der Waals surface area contributed by atoms with Gasteiger partial charge in [0.1, 0.15) is 30.1 Å². The van der Waals surface area contributed by atoms with E-state index in [1.54, 1.807) is 6.92 Å². The topological polar surface area (TPSA) is 120 Å². The average Bonchev–Trinajstić information content (AvgIpc) is 2.78. The second kappa shape index (κ2) is 3.59. The largest absolute Gasteiger partial charge is 0.387 e. The molecule has 108 valence electrons. The number of aliphatic imine (C=N–C) groups is 1. The Morgan fingerprint density at radius 1 is 1.50 bits per heavy atom. The maximum Gasteiger partial charge on any atom is 0.153 e. The third-order valence-corrected chi connectivity index (χ3v) is 5.70. The summed E-state index contributed by atoms with van der Waals surface area (Å²) in [6.45, 7) is 1.60. The second-order valence-corrected chi connectivity index (χ2v) is 6.53. The maximum atomic E-state index is 10.3. The number of rotatable bonds is 1. The molecule has 1 saturated carbocycles. The minimum absolute atomic E-state index is 0.428. The first-order valence-electron chi connectivity index (χ1n) is 6.32. The molecular weight excluding hydrogens is 282 g/mol. The predicted molar refractivity (Wildman–Crippen MR) is 72.6 cm³/mol. The van der Waals surface area contributed by atoms with Crippen LogP contribution in [0.25, 0.3) is 0 Å². The monoisotopic (exact) mass is 297 g/mol. The fourth-order valence-electron chi connectivity index (χ4n) is 3.20. The second-order valence-electron chi connectivity index (χ2n) is 5.62. The Balaban J connectivity index is 1.72. The minimum Gasteiger partial charge on any atom is -0.387 e. The third-order valence-electron chi connectivity index (χ3n) is 4.63. The number of thiophene rings is 1. The molecule has 3 heterocycles. The minimum atomic E-state index is -1.60. The highest BCUT2D eigenvalue weighted by Crippen LogP contribution is 2.64. The normalized spacial score (nSPS) is 48.6. The van der Waals surface area contributed by atoms with Crippen LogP contribution >= 0.6 is 11.3 Å². The van der Waals surface area contributed by atoms with Crippen molar-refractivity contribution in [2.45, 2.75) is 42.6 Å². The molecule has 0 spiro atoms. The van der Waals surface area contributed by atoms with E-state index >= 15 is 0 Å². The molecule has 6 N–H and O–H groups in total. The fourth-order valence-corrected chi connectivity index (χ4v) is 4.20. The molecule has 0 radical (unpaired) electrons. The van der Waals surface area contributed by atoms with Crippen molar-refractivity contribution in [3.05, 3.63) is 15.8 Å². The van der Waals surface area contributed by atoms with Crippen LogP contribution in [-0.2, 0) is 4.74 Å². The lowest BCUT2D eigenvalue weighted by molar-refractivity contribution is -0.0777. The third kappa shape index (κ3) is 1.20. The zero-order valence-electron chi connectivity index (χ0n) is 10.6. The molecule has 2 unspecified atom stereocenters. The van der Waals surface area contributed by atoms with E-state index in [1.807, 2.05) is 5.38 Å². The summed E-state index contributed by atoms with van der Waals surface area (Å²) in [7, 11) is 0. The molecule has 4 rings (SSSR count). The Hall–Kier alpha value is -1.03. The number of nitrogens with one attached hydrogen (secondary N) is 1. The van der Waals surface area contributed by atoms with Gasteiger partial charge in [0.15, 0.2) is 5.60 Å². The first-order chi connectivity index (χ1) is 9.41. The Kier molecular flexibility index (Phi) is 2.28. The Morgan fingerprint density at radius 3 is 2.90 bits per heavy atom. The molecule has 7 nitrogen and oxygen atoms in total. The van der Waals surface area contributed by atoms with E-state index in [-0.39, 0.29) is 0 Å². The Morgan fingerprint density at radius 2 is 2.25 bits per heavy atom. The van der Waals surface area contributed by atoms with Gasteiger partial charge in [0.2, 0.25) is 0 Å². The summed E-state index contributed by atoms with van der Waals surface area (Å²) in [6, 6.07) is 0. The summed E-state index contributed by atoms with van der Waals surface area (Å²) >= 11 is 1.43. The molecule has 2 aliphatic heterocycles. The van der Waals surface area contributed by atoms with Crippen LogP contribution in [0.5, 0.6) is 0 Å². The van der Waals surface area contributed by atoms with Crippen molar-refractivity contribution < 1.29 is 20.1 Å². The van der Waals surface area contributed by atoms with Crippen molar-refractivity contribution in [2.24, 2.45) is 10.7 Å². The highest BCUT2D eigenvalue weighted by molar-refractivity contribution is 7.10. The lowest BCUT2D eigenvalue weighted by Gasteiger charge is -2.23. The van der Waals surface area contributed by atoms with Gasteiger partial charge in [-0.3, -0.25) is 4.99 Å². The van der Waals surface area contributed by atoms with Crippen LogP contribution in [-0.4, -0.2) is 45.1 Å². The van der Waals surface area contributed by atoms with Crippen LogP contribution in [0.1, 0.15) is 29.6 Å². The van der Waals surface area contributed by atoms with Gasteiger partial charge in [-0.1, -0.05) is 0 Å². The molecule has 2 fully saturated rings. The summed E-state index contributed by atoms with van der Waals surface area (Å²) in [6.07, 6.45) is -1.86. The molecule has 1 aliphatic carbocycles. The first-order valence-corrected chi connectivity index (χ1v) is 7.20. The van der Waals surface area contributed by atoms with E-state index in [4.69, 9.17) is 10.5 Å². The van der Waals surface area contributed by atoms with Crippen LogP contribution in [0.3, 0.4) is 0 Å². The molecule has 1 saturated heterocycles. The van der Waals surface area contributed by atoms with E-state index in [0.29, 0.717) is 0 Å². The SMILES string of the molecule is C[C@]12O[C@@H](c3csc4c3NC=NC4N)[C@H](O)[C@@]1(O)C2O. The number of hydrogen-bond donors (Lipinski definition) is 5. The number of nitrogens with zero attached hydrogens (tertiary/aromatic N) is 1. The molecular formula is C12H15N3O4S. The lowest BCUT2D eigenvalue weighted by Crippen LogP contribution is -2.34. The smallest absolute Gasteiger partial charge is 0.153 e. The number of fused-ring (bicyclic) bond motifs is 2. The highest BCUT2D eigenvalue weighted by atomic mass is 32.1. The van der Waals surface area contributed by atoms with Gasteiger partial charge in [-0.25, -0.2) is 0 Å². The summed E-state index contributed by atoms with van der Waals surface area (Å²) in [5.41, 5.74) is 4.67. The highest BCUT2D eigenvalue weighted by Gasteiger charge is 2.84. The fraction of sp³-hybridized carbons (Fsp3) is 0.583. The van der Waals surface area contributed by atoms with Crippen molar-refractivity contribution in [1.29, 1.82) is 0 Å². The molecule has 0 amide bonds. The first kappa shape index (κ1) is 12.7. The molecule has 6 atom stereocenters. The standard InChI is InChI=1S/C12H15N3O4S/c1-11-10(17)12(11,18)8(16)6(19-11)4-2-20-7-5(4)14-3-15-9(7)13/h2-3,6,8-10,16-18H,13H2,1H3,(H,14,15)/t6-,8-,9?,10?,11+,12+/m0/s1. The molecule has 1 aromatic heterocycles. The Bertz CT molecular complexity index is 620. The van der Waals surface area contributed by atoms with Gasteiger partial charge < -0.3 is 31.1 Å². The zero-order chi connectivity index (χ0) is 14.3. The summed E-state index contributed by atoms with van der Waals surface area (Å²) < 4.78 is 5.73. The van der Waals surface area contributed by atoms with Crippen molar-refractivity contribution in [2.75, 3.05) is 5.32 Å². The van der Waals surface area contributed by atoms with Crippen LogP contribution in [0.15, 0.2) is 10.4 Å². The van der Waals surface area contributed by atoms with Crippen molar-refractivity contribution in [3.63, 3.8) is 0 Å². The van der Waals surface area contributed by atoms with Gasteiger partial charge in [-0.2, -0.15) is 0 Å². The van der Waals surface area contributed by atoms with E-state index in [0.717, 1.165) is 16.1 Å². The number of aliphatic hydroxyl groups excluding tert-OH is 2. The number of ether oxygens (including phenoxy) is 1. The van der Waals surface area contributed by atoms with E-state index in [9.17, 15) is 15.3 Å². The van der Waals surface area contributed by atoms with E-state index < -0.39 is 35.7 Å². The molecule has 0 bridgehead atoms. The van der Waals surface area contributed by atoms with Gasteiger partial charge in [0.05, 0.1) is 16.9 Å². The van der Waals surface area contributed by atoms with Gasteiger partial charge in [-0.15, -0.1) is 11.3 Å². The number of anilines is 1. The van der Waals surface area contributed by atoms with Crippen LogP contribution < -0.4 is 11.1 Å². The van der Waals surface area contributed by atoms with Crippen molar-refractivity contribution in [3.8, 4) is 0 Å². The van der Waals surface area contributed by atoms with Gasteiger partial charge >= 0.3 is 0 Å². The molecule has 20 heavy (non-hydrogen) atoms. The molecule has 0 aromatic carbocycles. The van der Waals surface area contributed by atoms with Gasteiger partial charge in [0, 0.05) is 5.56 Å². The molecule has 8 heteroatoms. The van der Waals surface area contributed by atoms with Crippen molar-refractivity contribution in [1.82, 2.24) is 0 Å². The maximum absolute atomic E-state index is 10.3.